The van der Waals surface area contributed by atoms with E-state index in [1.54, 1.807) is 0 Å². The van der Waals surface area contributed by atoms with Gasteiger partial charge in [-0.25, -0.2) is 0 Å². The van der Waals surface area contributed by atoms with Crippen LogP contribution in [-0.2, 0) is 0 Å². The molecule has 1 heterocycles. The number of aldehydes is 1. The number of nitrogens with zero attached hydrogens (tertiary/aromatic N) is 1. The summed E-state index contributed by atoms with van der Waals surface area (Å²) in [5.41, 5.74) is 0.763. The zero-order valence-electron chi connectivity index (χ0n) is 6.95. The lowest BCUT2D eigenvalue weighted by Gasteiger charge is -2.12. The van der Waals surface area contributed by atoms with E-state index in [1.807, 2.05) is 22.9 Å². The fourth-order valence-electron chi connectivity index (χ4n) is 1.10. The molecule has 0 radical (unpaired) electrons. The maximum Gasteiger partial charge on any atom is 0.166 e. The van der Waals surface area contributed by atoms with Crippen LogP contribution in [0.3, 0.4) is 0 Å². The summed E-state index contributed by atoms with van der Waals surface area (Å²) < 4.78 is 1.99. The molecule has 0 unspecified atom stereocenters. The van der Waals surface area contributed by atoms with E-state index >= 15 is 0 Å². The fourth-order valence-corrected chi connectivity index (χ4v) is 1.10. The molecule has 0 N–H and O–H groups in total. The number of rotatable bonds is 3. The summed E-state index contributed by atoms with van der Waals surface area (Å²) in [4.78, 5) is 10.5. The van der Waals surface area contributed by atoms with Crippen molar-refractivity contribution in [3.8, 4) is 0 Å². The Morgan fingerprint density at radius 1 is 1.73 bits per heavy atom. The first-order valence-corrected chi connectivity index (χ1v) is 3.91. The first-order chi connectivity index (χ1) is 5.29. The highest BCUT2D eigenvalue weighted by molar-refractivity contribution is 5.72. The smallest absolute Gasteiger partial charge is 0.166 e. The Labute approximate surface area is 66.8 Å². The summed E-state index contributed by atoms with van der Waals surface area (Å²) in [6, 6.07) is 4.15. The number of hydrogen-bond acceptors (Lipinski definition) is 1. The third-order valence-corrected chi connectivity index (χ3v) is 2.00. The van der Waals surface area contributed by atoms with Gasteiger partial charge in [-0.05, 0) is 25.5 Å². The quantitative estimate of drug-likeness (QED) is 0.607. The summed E-state index contributed by atoms with van der Waals surface area (Å²) in [6.07, 6.45) is 3.89. The molecule has 0 bridgehead atoms. The van der Waals surface area contributed by atoms with Gasteiger partial charge in [0.25, 0.3) is 0 Å². The molecule has 2 heteroatoms. The lowest BCUT2D eigenvalue weighted by Crippen LogP contribution is -2.05. The van der Waals surface area contributed by atoms with Gasteiger partial charge in [0.05, 0.1) is 5.69 Å². The minimum absolute atomic E-state index is 0.421. The lowest BCUT2D eigenvalue weighted by atomic mass is 10.2. The van der Waals surface area contributed by atoms with Crippen LogP contribution in [0.5, 0.6) is 0 Å². The minimum atomic E-state index is 0.421. The Balaban J connectivity index is 2.92. The van der Waals surface area contributed by atoms with Gasteiger partial charge in [0.15, 0.2) is 6.29 Å². The number of carbonyl (C=O) groups excluding carboxylic acids is 1. The maximum atomic E-state index is 10.5. The molecule has 1 aromatic rings. The van der Waals surface area contributed by atoms with Crippen molar-refractivity contribution in [3.63, 3.8) is 0 Å². The zero-order valence-corrected chi connectivity index (χ0v) is 6.95. The van der Waals surface area contributed by atoms with Crippen molar-refractivity contribution in [2.24, 2.45) is 0 Å². The molecule has 60 valence electrons. The van der Waals surface area contributed by atoms with E-state index in [4.69, 9.17) is 0 Å². The molecule has 0 saturated heterocycles. The van der Waals surface area contributed by atoms with Gasteiger partial charge in [0.1, 0.15) is 0 Å². The second kappa shape index (κ2) is 3.37. The van der Waals surface area contributed by atoms with Crippen LogP contribution in [-0.4, -0.2) is 10.9 Å². The molecule has 0 spiro atoms. The van der Waals surface area contributed by atoms with E-state index in [9.17, 15) is 4.79 Å². The van der Waals surface area contributed by atoms with Crippen LogP contribution in [0.15, 0.2) is 18.3 Å². The highest BCUT2D eigenvalue weighted by Gasteiger charge is 2.04. The van der Waals surface area contributed by atoms with Crippen molar-refractivity contribution in [2.75, 3.05) is 0 Å². The van der Waals surface area contributed by atoms with E-state index in [0.717, 1.165) is 18.4 Å². The molecular weight excluding hydrogens is 138 g/mol. The van der Waals surface area contributed by atoms with Crippen LogP contribution in [0.25, 0.3) is 0 Å². The van der Waals surface area contributed by atoms with Gasteiger partial charge in [-0.2, -0.15) is 0 Å². The van der Waals surface area contributed by atoms with E-state index in [0.29, 0.717) is 6.04 Å². The van der Waals surface area contributed by atoms with E-state index in [2.05, 4.69) is 13.8 Å². The molecule has 0 aliphatic heterocycles. The number of carbonyl (C=O) groups is 1. The molecule has 0 fully saturated rings. The Morgan fingerprint density at radius 2 is 2.45 bits per heavy atom. The average molecular weight is 151 g/mol. The number of aromatic nitrogens is 1. The number of hydrogen-bond donors (Lipinski definition) is 0. The van der Waals surface area contributed by atoms with E-state index < -0.39 is 0 Å². The van der Waals surface area contributed by atoms with Gasteiger partial charge in [0.2, 0.25) is 0 Å². The van der Waals surface area contributed by atoms with Gasteiger partial charge < -0.3 is 4.57 Å². The Hall–Kier alpha value is -1.05. The lowest BCUT2D eigenvalue weighted by molar-refractivity contribution is 0.111. The molecule has 0 aliphatic carbocycles. The maximum absolute atomic E-state index is 10.5. The molecule has 0 aliphatic rings. The minimum Gasteiger partial charge on any atom is -0.343 e. The van der Waals surface area contributed by atoms with Crippen LogP contribution in [0, 0.1) is 0 Å². The first-order valence-electron chi connectivity index (χ1n) is 3.91. The molecule has 0 amide bonds. The molecule has 0 aromatic carbocycles. The van der Waals surface area contributed by atoms with Gasteiger partial charge >= 0.3 is 0 Å². The van der Waals surface area contributed by atoms with E-state index in [1.165, 1.54) is 0 Å². The van der Waals surface area contributed by atoms with Crippen LogP contribution >= 0.6 is 0 Å². The molecule has 11 heavy (non-hydrogen) atoms. The first kappa shape index (κ1) is 8.05. The highest BCUT2D eigenvalue weighted by atomic mass is 16.1. The Kier molecular flexibility index (Phi) is 2.47. The predicted molar refractivity (Wildman–Crippen MR) is 44.8 cm³/mol. The molecule has 1 atom stereocenters. The van der Waals surface area contributed by atoms with Crippen molar-refractivity contribution in [1.29, 1.82) is 0 Å². The van der Waals surface area contributed by atoms with Gasteiger partial charge in [-0.15, -0.1) is 0 Å². The molecule has 1 rings (SSSR count). The molecule has 2 nitrogen and oxygen atoms in total. The summed E-state index contributed by atoms with van der Waals surface area (Å²) in [5.74, 6) is 0. The summed E-state index contributed by atoms with van der Waals surface area (Å²) in [7, 11) is 0. The highest BCUT2D eigenvalue weighted by Crippen LogP contribution is 2.12. The second-order valence-electron chi connectivity index (χ2n) is 2.72. The topological polar surface area (TPSA) is 22.0 Å². The Bertz CT molecular complexity index is 239. The van der Waals surface area contributed by atoms with Crippen molar-refractivity contribution in [1.82, 2.24) is 4.57 Å². The van der Waals surface area contributed by atoms with Crippen LogP contribution in [0.2, 0.25) is 0 Å². The Morgan fingerprint density at radius 3 is 3.00 bits per heavy atom. The molecule has 1 aromatic heterocycles. The second-order valence-corrected chi connectivity index (χ2v) is 2.72. The molecule has 0 saturated carbocycles. The third-order valence-electron chi connectivity index (χ3n) is 2.00. The summed E-state index contributed by atoms with van der Waals surface area (Å²) >= 11 is 0. The zero-order chi connectivity index (χ0) is 8.27. The largest absolute Gasteiger partial charge is 0.343 e. The monoisotopic (exact) mass is 151 g/mol. The average Bonchev–Trinajstić information content (AvgIpc) is 2.50. The van der Waals surface area contributed by atoms with Crippen molar-refractivity contribution in [3.05, 3.63) is 24.0 Å². The van der Waals surface area contributed by atoms with Crippen LogP contribution in [0.4, 0.5) is 0 Å². The summed E-state index contributed by atoms with van der Waals surface area (Å²) in [5, 5.41) is 0. The van der Waals surface area contributed by atoms with Crippen LogP contribution < -0.4 is 0 Å². The standard InChI is InChI=1S/C9H13NO/c1-3-8(2)10-6-4-5-9(10)7-11/h4-8H,3H2,1-2H3/t8-/m1/s1. The normalized spacial score (nSPS) is 12.9. The van der Waals surface area contributed by atoms with Gasteiger partial charge in [0, 0.05) is 12.2 Å². The van der Waals surface area contributed by atoms with Crippen molar-refractivity contribution in [2.45, 2.75) is 26.3 Å². The summed E-state index contributed by atoms with van der Waals surface area (Å²) in [6.45, 7) is 4.21. The van der Waals surface area contributed by atoms with Crippen molar-refractivity contribution >= 4 is 6.29 Å². The van der Waals surface area contributed by atoms with Crippen molar-refractivity contribution < 1.29 is 4.79 Å². The SMILES string of the molecule is CC[C@@H](C)n1cccc1C=O. The van der Waals surface area contributed by atoms with Gasteiger partial charge in [-0.3, -0.25) is 4.79 Å². The van der Waals surface area contributed by atoms with Crippen LogP contribution in [0.1, 0.15) is 36.8 Å². The molecular formula is C9H13NO. The third kappa shape index (κ3) is 1.50. The van der Waals surface area contributed by atoms with Gasteiger partial charge in [-0.1, -0.05) is 6.92 Å². The predicted octanol–water partition coefficient (Wildman–Crippen LogP) is 2.27. The van der Waals surface area contributed by atoms with E-state index in [-0.39, 0.29) is 0 Å². The fraction of sp³-hybridized carbons (Fsp3) is 0.444.